The maximum absolute atomic E-state index is 12.9. The molecule has 0 saturated carbocycles. The van der Waals surface area contributed by atoms with Crippen molar-refractivity contribution in [2.45, 2.75) is 37.8 Å². The van der Waals surface area contributed by atoms with Crippen LogP contribution in [0.3, 0.4) is 0 Å². The summed E-state index contributed by atoms with van der Waals surface area (Å²) in [6, 6.07) is 14.9. The van der Waals surface area contributed by atoms with Gasteiger partial charge in [0.2, 0.25) is 5.91 Å². The Balaban J connectivity index is 1.42. The molecule has 3 N–H and O–H groups in total. The summed E-state index contributed by atoms with van der Waals surface area (Å²) in [5.74, 6) is -1.67. The molecule has 1 saturated heterocycles. The number of aliphatic hydroxyl groups excluding tert-OH is 1. The normalized spacial score (nSPS) is 20.1. The summed E-state index contributed by atoms with van der Waals surface area (Å²) in [6.07, 6.45) is -1.73. The molecule has 1 aliphatic carbocycles. The Morgan fingerprint density at radius 3 is 2.21 bits per heavy atom. The van der Waals surface area contributed by atoms with Crippen molar-refractivity contribution >= 4 is 18.0 Å². The van der Waals surface area contributed by atoms with Crippen LogP contribution in [0, 0.1) is 5.92 Å². The standard InChI is InChI=1S/C25H28N2O6/c1-15-12-27(13-22(15)28)24(31)21(10-11-23(29)30)26-25(32)33-14-20-18-8-4-2-6-16(18)17-7-3-5-9-19(17)20/h2-9,15,20-22,28H,10-14H2,1H3,(H,26,32)(H,29,30)/t15-,21?,22-/m1/s1. The first kappa shape index (κ1) is 22.8. The first-order chi connectivity index (χ1) is 15.8. The zero-order valence-corrected chi connectivity index (χ0v) is 18.4. The van der Waals surface area contributed by atoms with Gasteiger partial charge in [0.1, 0.15) is 12.6 Å². The van der Waals surface area contributed by atoms with E-state index < -0.39 is 30.1 Å². The van der Waals surface area contributed by atoms with Crippen molar-refractivity contribution in [3.8, 4) is 11.1 Å². The van der Waals surface area contributed by atoms with Crippen LogP contribution in [-0.2, 0) is 14.3 Å². The van der Waals surface area contributed by atoms with E-state index in [1.54, 1.807) is 0 Å². The number of nitrogens with one attached hydrogen (secondary N) is 1. The summed E-state index contributed by atoms with van der Waals surface area (Å²) in [6.45, 7) is 2.45. The lowest BCUT2D eigenvalue weighted by Crippen LogP contribution is -2.48. The molecule has 0 bridgehead atoms. The number of β-amino-alcohol motifs (C(OH)–C–C–N with tert-alkyl or cyclic N) is 1. The molecule has 0 aromatic heterocycles. The number of nitrogens with zero attached hydrogens (tertiary/aromatic N) is 1. The van der Waals surface area contributed by atoms with Gasteiger partial charge in [-0.1, -0.05) is 55.5 Å². The van der Waals surface area contributed by atoms with Crippen LogP contribution in [-0.4, -0.2) is 64.9 Å². The van der Waals surface area contributed by atoms with Gasteiger partial charge in [0.15, 0.2) is 0 Å². The number of rotatable bonds is 7. The molecule has 3 atom stereocenters. The van der Waals surface area contributed by atoms with E-state index in [1.807, 2.05) is 55.5 Å². The summed E-state index contributed by atoms with van der Waals surface area (Å²) in [4.78, 5) is 38.1. The number of aliphatic carboxylic acids is 1. The van der Waals surface area contributed by atoms with E-state index in [4.69, 9.17) is 9.84 Å². The van der Waals surface area contributed by atoms with Gasteiger partial charge >= 0.3 is 12.1 Å². The van der Waals surface area contributed by atoms with E-state index in [0.717, 1.165) is 22.3 Å². The first-order valence-corrected chi connectivity index (χ1v) is 11.1. The Hall–Kier alpha value is -3.39. The molecule has 2 aromatic carbocycles. The summed E-state index contributed by atoms with van der Waals surface area (Å²) >= 11 is 0. The Bertz CT molecular complexity index is 999. The third kappa shape index (κ3) is 4.85. The Morgan fingerprint density at radius 2 is 1.67 bits per heavy atom. The number of alkyl carbamates (subject to hydrolysis) is 1. The SMILES string of the molecule is C[C@@H]1CN(C(=O)C(CCC(=O)O)NC(=O)OCC2c3ccccc3-c3ccccc32)C[C@H]1O. The molecule has 8 heteroatoms. The number of amides is 2. The molecular weight excluding hydrogens is 424 g/mol. The molecule has 4 rings (SSSR count). The van der Waals surface area contributed by atoms with Crippen LogP contribution in [0.25, 0.3) is 11.1 Å². The van der Waals surface area contributed by atoms with Gasteiger partial charge in [-0.25, -0.2) is 4.79 Å². The van der Waals surface area contributed by atoms with Crippen molar-refractivity contribution in [3.05, 3.63) is 59.7 Å². The maximum atomic E-state index is 12.9. The highest BCUT2D eigenvalue weighted by Gasteiger charge is 2.35. The van der Waals surface area contributed by atoms with E-state index in [9.17, 15) is 19.5 Å². The third-order valence-corrected chi connectivity index (χ3v) is 6.47. The second-order valence-electron chi connectivity index (χ2n) is 8.74. The molecule has 2 amide bonds. The molecule has 1 aliphatic heterocycles. The van der Waals surface area contributed by atoms with Gasteiger partial charge in [-0.05, 0) is 28.7 Å². The number of carboxylic acids is 1. The van der Waals surface area contributed by atoms with Gasteiger partial charge in [0, 0.05) is 31.3 Å². The van der Waals surface area contributed by atoms with E-state index in [-0.39, 0.29) is 37.8 Å². The van der Waals surface area contributed by atoms with E-state index in [0.29, 0.717) is 6.54 Å². The summed E-state index contributed by atoms with van der Waals surface area (Å²) in [5, 5.41) is 21.6. The zero-order valence-electron chi connectivity index (χ0n) is 18.4. The highest BCUT2D eigenvalue weighted by Crippen LogP contribution is 2.44. The van der Waals surface area contributed by atoms with Gasteiger partial charge in [0.05, 0.1) is 6.10 Å². The number of fused-ring (bicyclic) bond motifs is 3. The number of aliphatic hydroxyl groups is 1. The molecule has 0 radical (unpaired) electrons. The predicted molar refractivity (Wildman–Crippen MR) is 121 cm³/mol. The molecular formula is C25H28N2O6. The molecule has 1 fully saturated rings. The number of carboxylic acid groups (broad SMARTS) is 1. The smallest absolute Gasteiger partial charge is 0.407 e. The van der Waals surface area contributed by atoms with Gasteiger partial charge in [-0.15, -0.1) is 0 Å². The second kappa shape index (κ2) is 9.62. The minimum Gasteiger partial charge on any atom is -0.481 e. The minimum absolute atomic E-state index is 0.0562. The third-order valence-electron chi connectivity index (χ3n) is 6.47. The van der Waals surface area contributed by atoms with Crippen LogP contribution in [0.15, 0.2) is 48.5 Å². The number of hydrogen-bond acceptors (Lipinski definition) is 5. The number of benzene rings is 2. The number of carbonyl (C=O) groups excluding carboxylic acids is 2. The van der Waals surface area contributed by atoms with Gasteiger partial charge in [-0.3, -0.25) is 9.59 Å². The molecule has 2 aromatic rings. The number of ether oxygens (including phenoxy) is 1. The average molecular weight is 453 g/mol. The Kier molecular flexibility index (Phi) is 6.65. The maximum Gasteiger partial charge on any atom is 0.407 e. The van der Waals surface area contributed by atoms with Crippen molar-refractivity contribution in [3.63, 3.8) is 0 Å². The highest BCUT2D eigenvalue weighted by molar-refractivity contribution is 5.86. The quantitative estimate of drug-likeness (QED) is 0.595. The van der Waals surface area contributed by atoms with E-state index in [1.165, 1.54) is 4.90 Å². The van der Waals surface area contributed by atoms with Crippen LogP contribution in [0.4, 0.5) is 4.79 Å². The summed E-state index contributed by atoms with van der Waals surface area (Å²) in [7, 11) is 0. The molecule has 2 aliphatic rings. The van der Waals surface area contributed by atoms with Crippen molar-refractivity contribution < 1.29 is 29.3 Å². The highest BCUT2D eigenvalue weighted by atomic mass is 16.5. The van der Waals surface area contributed by atoms with Crippen LogP contribution in [0.2, 0.25) is 0 Å². The number of carbonyl (C=O) groups is 3. The lowest BCUT2D eigenvalue weighted by molar-refractivity contribution is -0.138. The fourth-order valence-electron chi connectivity index (χ4n) is 4.66. The lowest BCUT2D eigenvalue weighted by Gasteiger charge is -2.24. The van der Waals surface area contributed by atoms with Gasteiger partial charge < -0.3 is 25.2 Å². The molecule has 174 valence electrons. The summed E-state index contributed by atoms with van der Waals surface area (Å²) < 4.78 is 5.51. The van der Waals surface area contributed by atoms with Crippen LogP contribution >= 0.6 is 0 Å². The molecule has 1 heterocycles. The monoisotopic (exact) mass is 452 g/mol. The Morgan fingerprint density at radius 1 is 1.06 bits per heavy atom. The zero-order chi connectivity index (χ0) is 23.5. The van der Waals surface area contributed by atoms with Crippen LogP contribution in [0.5, 0.6) is 0 Å². The fourth-order valence-corrected chi connectivity index (χ4v) is 4.66. The fraction of sp³-hybridized carbons (Fsp3) is 0.400. The van der Waals surface area contributed by atoms with E-state index >= 15 is 0 Å². The predicted octanol–water partition coefficient (Wildman–Crippen LogP) is 2.60. The van der Waals surface area contributed by atoms with Crippen molar-refractivity contribution in [1.29, 1.82) is 0 Å². The second-order valence-corrected chi connectivity index (χ2v) is 8.74. The minimum atomic E-state index is -1.06. The van der Waals surface area contributed by atoms with Crippen LogP contribution < -0.4 is 5.32 Å². The number of likely N-dealkylation sites (tertiary alicyclic amines) is 1. The molecule has 1 unspecified atom stereocenters. The van der Waals surface area contributed by atoms with Gasteiger partial charge in [-0.2, -0.15) is 0 Å². The van der Waals surface area contributed by atoms with Gasteiger partial charge in [0.25, 0.3) is 0 Å². The number of hydrogen-bond donors (Lipinski definition) is 3. The summed E-state index contributed by atoms with van der Waals surface area (Å²) in [5.41, 5.74) is 4.37. The topological polar surface area (TPSA) is 116 Å². The lowest BCUT2D eigenvalue weighted by atomic mass is 9.98. The van der Waals surface area contributed by atoms with Crippen LogP contribution in [0.1, 0.15) is 36.8 Å². The average Bonchev–Trinajstić information content (AvgIpc) is 3.31. The van der Waals surface area contributed by atoms with Crippen molar-refractivity contribution in [1.82, 2.24) is 10.2 Å². The van der Waals surface area contributed by atoms with E-state index in [2.05, 4.69) is 5.32 Å². The molecule has 33 heavy (non-hydrogen) atoms. The molecule has 8 nitrogen and oxygen atoms in total. The van der Waals surface area contributed by atoms with Crippen molar-refractivity contribution in [2.24, 2.45) is 5.92 Å². The molecule has 0 spiro atoms. The first-order valence-electron chi connectivity index (χ1n) is 11.1. The van der Waals surface area contributed by atoms with Crippen molar-refractivity contribution in [2.75, 3.05) is 19.7 Å². The Labute approximate surface area is 192 Å². The largest absolute Gasteiger partial charge is 0.481 e.